The number of phosphoric acid groups is 1. The summed E-state index contributed by atoms with van der Waals surface area (Å²) in [6.07, 6.45) is 74.8. The molecule has 0 aliphatic carbocycles. The second kappa shape index (κ2) is 58.9. The van der Waals surface area contributed by atoms with Crippen LogP contribution < -0.4 is 5.32 Å². The monoisotopic (exact) mass is 1100 g/mol. The highest BCUT2D eigenvalue weighted by atomic mass is 31.2. The highest BCUT2D eigenvalue weighted by molar-refractivity contribution is 7.47. The quantitative estimate of drug-likeness (QED) is 0.0243. The molecule has 0 bridgehead atoms. The van der Waals surface area contributed by atoms with Gasteiger partial charge in [0, 0.05) is 6.42 Å². The Kier molecular flexibility index (Phi) is 58.3. The van der Waals surface area contributed by atoms with Gasteiger partial charge >= 0.3 is 7.82 Å². The lowest BCUT2D eigenvalue weighted by Gasteiger charge is -2.26. The molecular weight excluding hydrogens is 960 g/mol. The number of rotatable bonds is 64. The lowest BCUT2D eigenvalue weighted by atomic mass is 10.0. The minimum absolute atomic E-state index is 0.0784. The van der Waals surface area contributed by atoms with Crippen molar-refractivity contribution in [3.05, 3.63) is 12.2 Å². The number of amides is 1. The molecule has 0 heterocycles. The van der Waals surface area contributed by atoms with Crippen LogP contribution in [-0.4, -0.2) is 73.4 Å². The highest BCUT2D eigenvalue weighted by Crippen LogP contribution is 2.43. The van der Waals surface area contributed by atoms with Gasteiger partial charge in [0.2, 0.25) is 5.91 Å². The van der Waals surface area contributed by atoms with E-state index in [4.69, 9.17) is 9.05 Å². The number of carbonyl (C=O) groups excluding carboxylic acids is 1. The number of phosphoric ester groups is 1. The fraction of sp³-hybridized carbons (Fsp3) is 0.955. The maximum absolute atomic E-state index is 13.0. The van der Waals surface area contributed by atoms with Crippen LogP contribution >= 0.6 is 7.82 Å². The molecule has 0 aromatic carbocycles. The summed E-state index contributed by atoms with van der Waals surface area (Å²) in [7, 11) is 1.64. The Hall–Kier alpha value is -0.760. The van der Waals surface area contributed by atoms with Crippen LogP contribution in [0.2, 0.25) is 0 Å². The molecule has 8 nitrogen and oxygen atoms in total. The smallest absolute Gasteiger partial charge is 0.391 e. The van der Waals surface area contributed by atoms with Crippen LogP contribution in [0.15, 0.2) is 12.2 Å². The van der Waals surface area contributed by atoms with Gasteiger partial charge in [-0.1, -0.05) is 328 Å². The molecule has 0 aromatic rings. The number of nitrogens with zero attached hydrogens (tertiary/aromatic N) is 1. The molecule has 9 heteroatoms. The minimum atomic E-state index is -4.32. The number of nitrogens with one attached hydrogen (secondary N) is 1. The summed E-state index contributed by atoms with van der Waals surface area (Å²) in [6, 6.07) is -0.756. The fourth-order valence-electron chi connectivity index (χ4n) is 10.7. The van der Waals surface area contributed by atoms with Gasteiger partial charge in [0.05, 0.1) is 39.9 Å². The number of unbranched alkanes of at least 4 members (excludes halogenated alkanes) is 49. The molecule has 0 saturated carbocycles. The Labute approximate surface area is 475 Å². The first-order valence-electron chi connectivity index (χ1n) is 34.1. The summed E-state index contributed by atoms with van der Waals surface area (Å²) in [4.78, 5) is 23.3. The topological polar surface area (TPSA) is 105 Å². The summed E-state index contributed by atoms with van der Waals surface area (Å²) >= 11 is 0. The third kappa shape index (κ3) is 60.9. The summed E-state index contributed by atoms with van der Waals surface area (Å²) in [5, 5.41) is 14.1. The third-order valence-electron chi connectivity index (χ3n) is 16.0. The van der Waals surface area contributed by atoms with Gasteiger partial charge in [-0.25, -0.2) is 4.57 Å². The van der Waals surface area contributed by atoms with E-state index in [2.05, 4.69) is 31.3 Å². The normalized spacial score (nSPS) is 13.7. The van der Waals surface area contributed by atoms with E-state index in [0.29, 0.717) is 23.9 Å². The van der Waals surface area contributed by atoms with Gasteiger partial charge in [0.15, 0.2) is 0 Å². The fourth-order valence-corrected chi connectivity index (χ4v) is 11.4. The van der Waals surface area contributed by atoms with Crippen molar-refractivity contribution in [1.82, 2.24) is 5.32 Å². The van der Waals surface area contributed by atoms with Crippen molar-refractivity contribution in [3.63, 3.8) is 0 Å². The number of quaternary nitrogens is 1. The van der Waals surface area contributed by atoms with Crippen LogP contribution in [0, 0.1) is 0 Å². The SMILES string of the molecule is CCCCCCCCCC/C=C\CCCCCCCCCCCCCCCCCCCCCCCCCCCCCCCC(=O)NC(COP(=O)(O)OCC[N+](C)(C)C)C(O)CCCCCCCCCCCCCCC. The third-order valence-corrected chi connectivity index (χ3v) is 17.0. The van der Waals surface area contributed by atoms with Crippen LogP contribution in [0.25, 0.3) is 0 Å². The van der Waals surface area contributed by atoms with Gasteiger partial charge in [-0.15, -0.1) is 0 Å². The minimum Gasteiger partial charge on any atom is -0.391 e. The van der Waals surface area contributed by atoms with Crippen molar-refractivity contribution in [2.75, 3.05) is 40.9 Å². The molecule has 3 N–H and O–H groups in total. The molecular formula is C67H136N2O6P+. The maximum atomic E-state index is 13.0. The molecule has 0 aliphatic rings. The zero-order valence-corrected chi connectivity index (χ0v) is 52.9. The van der Waals surface area contributed by atoms with Crippen molar-refractivity contribution in [2.24, 2.45) is 0 Å². The van der Waals surface area contributed by atoms with E-state index in [1.165, 1.54) is 295 Å². The van der Waals surface area contributed by atoms with E-state index < -0.39 is 20.0 Å². The molecule has 454 valence electrons. The highest BCUT2D eigenvalue weighted by Gasteiger charge is 2.28. The van der Waals surface area contributed by atoms with Crippen molar-refractivity contribution in [1.29, 1.82) is 0 Å². The van der Waals surface area contributed by atoms with Gasteiger partial charge in [-0.3, -0.25) is 13.8 Å². The summed E-state index contributed by atoms with van der Waals surface area (Å²) in [5.41, 5.74) is 0. The largest absolute Gasteiger partial charge is 0.472 e. The Balaban J connectivity index is 3.77. The standard InChI is InChI=1S/C67H135N2O6P/c1-6-8-10-12-14-16-18-20-21-22-23-24-25-26-27-28-29-30-31-32-33-34-35-36-37-38-39-40-41-42-43-44-45-46-47-49-51-53-55-57-59-61-67(71)68-65(64-75-76(72,73)74-63-62-69(3,4)5)66(70)60-58-56-54-52-50-48-19-17-15-13-11-9-7-2/h22-23,65-66,70H,6-21,24-64H2,1-5H3,(H-,68,71,72,73)/p+1/b23-22-. The van der Waals surface area contributed by atoms with Crippen LogP contribution in [0.4, 0.5) is 0 Å². The van der Waals surface area contributed by atoms with Gasteiger partial charge in [0.1, 0.15) is 13.2 Å². The Morgan fingerprint density at radius 1 is 0.434 bits per heavy atom. The molecule has 0 fully saturated rings. The molecule has 0 aromatic heterocycles. The van der Waals surface area contributed by atoms with E-state index >= 15 is 0 Å². The number of hydrogen-bond donors (Lipinski definition) is 3. The van der Waals surface area contributed by atoms with Crippen LogP contribution in [0.5, 0.6) is 0 Å². The van der Waals surface area contributed by atoms with Gasteiger partial charge in [-0.05, 0) is 38.5 Å². The number of hydrogen-bond acceptors (Lipinski definition) is 5. The molecule has 3 atom stereocenters. The molecule has 3 unspecified atom stereocenters. The van der Waals surface area contributed by atoms with Crippen LogP contribution in [0.1, 0.15) is 361 Å². The van der Waals surface area contributed by atoms with Gasteiger partial charge in [-0.2, -0.15) is 0 Å². The molecule has 0 rings (SSSR count). The first kappa shape index (κ1) is 75.2. The Morgan fingerprint density at radius 3 is 1.01 bits per heavy atom. The summed E-state index contributed by atoms with van der Waals surface area (Å²) in [5.74, 6) is -0.137. The van der Waals surface area contributed by atoms with E-state index in [1.54, 1.807) is 0 Å². The molecule has 76 heavy (non-hydrogen) atoms. The van der Waals surface area contributed by atoms with Crippen molar-refractivity contribution >= 4 is 13.7 Å². The van der Waals surface area contributed by atoms with Crippen molar-refractivity contribution in [2.45, 2.75) is 373 Å². The number of likely N-dealkylation sites (N-methyl/N-ethyl adjacent to an activating group) is 1. The average Bonchev–Trinajstić information content (AvgIpc) is 3.38. The number of aliphatic hydroxyl groups excluding tert-OH is 1. The predicted molar refractivity (Wildman–Crippen MR) is 332 cm³/mol. The van der Waals surface area contributed by atoms with E-state index in [9.17, 15) is 19.4 Å². The van der Waals surface area contributed by atoms with Crippen LogP contribution in [0.3, 0.4) is 0 Å². The predicted octanol–water partition coefficient (Wildman–Crippen LogP) is 21.3. The van der Waals surface area contributed by atoms with Gasteiger partial charge < -0.3 is 19.8 Å². The van der Waals surface area contributed by atoms with E-state index in [1.807, 2.05) is 21.1 Å². The summed E-state index contributed by atoms with van der Waals surface area (Å²) < 4.78 is 23.8. The molecule has 0 radical (unpaired) electrons. The summed E-state index contributed by atoms with van der Waals surface area (Å²) in [6.45, 7) is 4.93. The maximum Gasteiger partial charge on any atom is 0.472 e. The van der Waals surface area contributed by atoms with Crippen molar-refractivity contribution in [3.8, 4) is 0 Å². The first-order valence-corrected chi connectivity index (χ1v) is 35.5. The molecule has 0 spiro atoms. The zero-order valence-electron chi connectivity index (χ0n) is 52.0. The Morgan fingerprint density at radius 2 is 0.711 bits per heavy atom. The van der Waals surface area contributed by atoms with Gasteiger partial charge in [0.25, 0.3) is 0 Å². The molecule has 1 amide bonds. The van der Waals surface area contributed by atoms with Crippen LogP contribution in [-0.2, 0) is 18.4 Å². The lowest BCUT2D eigenvalue weighted by molar-refractivity contribution is -0.870. The number of carbonyl (C=O) groups is 1. The second-order valence-electron chi connectivity index (χ2n) is 24.9. The molecule has 0 aliphatic heterocycles. The van der Waals surface area contributed by atoms with E-state index in [0.717, 1.165) is 38.5 Å². The average molecular weight is 1100 g/mol. The van der Waals surface area contributed by atoms with Crippen molar-refractivity contribution < 1.29 is 32.9 Å². The second-order valence-corrected chi connectivity index (χ2v) is 26.4. The Bertz CT molecular complexity index is 1240. The number of aliphatic hydroxyl groups is 1. The molecule has 0 saturated heterocycles. The van der Waals surface area contributed by atoms with E-state index in [-0.39, 0.29) is 19.1 Å². The lowest BCUT2D eigenvalue weighted by Crippen LogP contribution is -2.46. The number of allylic oxidation sites excluding steroid dienone is 2. The zero-order chi connectivity index (χ0) is 55.6. The first-order chi connectivity index (χ1) is 37.0.